The lowest BCUT2D eigenvalue weighted by Gasteiger charge is -2.26. The number of amides is 2. The average Bonchev–Trinajstić information content (AvgIpc) is 2.82. The van der Waals surface area contributed by atoms with Gasteiger partial charge in [-0.25, -0.2) is 8.42 Å². The number of halogens is 1. The molecular weight excluding hydrogens is 458 g/mol. The molecule has 0 bridgehead atoms. The monoisotopic (exact) mass is 479 g/mol. The summed E-state index contributed by atoms with van der Waals surface area (Å²) in [5.74, 6) is -0.864. The molecular formula is C21H22ClN3O6S. The van der Waals surface area contributed by atoms with Gasteiger partial charge in [-0.15, -0.1) is 0 Å². The standard InChI is InChI=1S/C21H22ClN3O6S/c1-30-19-8-5-16(22)14-18(19)21(27)24-23-20(26)9-4-15-2-6-17(7-3-15)32(28,29)25-10-12-31-13-11-25/h2-9,14H,10-13H2,1H3,(H,23,26)(H,24,27)/b9-4+. The van der Waals surface area contributed by atoms with Crippen LogP contribution in [0.1, 0.15) is 15.9 Å². The first kappa shape index (κ1) is 23.7. The van der Waals surface area contributed by atoms with E-state index < -0.39 is 21.8 Å². The molecule has 1 saturated heterocycles. The summed E-state index contributed by atoms with van der Waals surface area (Å²) in [6.45, 7) is 1.37. The van der Waals surface area contributed by atoms with Gasteiger partial charge in [-0.2, -0.15) is 4.31 Å². The zero-order valence-corrected chi connectivity index (χ0v) is 18.8. The third-order valence-corrected chi connectivity index (χ3v) is 6.77. The summed E-state index contributed by atoms with van der Waals surface area (Å²) >= 11 is 5.90. The van der Waals surface area contributed by atoms with Crippen LogP contribution in [-0.2, 0) is 19.6 Å². The Hall–Kier alpha value is -2.92. The molecule has 1 aliphatic rings. The Bertz CT molecular complexity index is 1110. The minimum atomic E-state index is -3.58. The van der Waals surface area contributed by atoms with Gasteiger partial charge in [0.1, 0.15) is 5.75 Å². The summed E-state index contributed by atoms with van der Waals surface area (Å²) in [5, 5.41) is 0.348. The van der Waals surface area contributed by atoms with Crippen LogP contribution in [0.3, 0.4) is 0 Å². The SMILES string of the molecule is COc1ccc(Cl)cc1C(=O)NNC(=O)/C=C/c1ccc(S(=O)(=O)N2CCOCC2)cc1. The van der Waals surface area contributed by atoms with Crippen LogP contribution in [-0.4, -0.2) is 58.0 Å². The van der Waals surface area contributed by atoms with Crippen molar-refractivity contribution in [1.82, 2.24) is 15.2 Å². The third kappa shape index (κ3) is 5.86. The number of methoxy groups -OCH3 is 1. The van der Waals surface area contributed by atoms with Crippen molar-refractivity contribution < 1.29 is 27.5 Å². The number of ether oxygens (including phenoxy) is 2. The summed E-state index contributed by atoms with van der Waals surface area (Å²) < 4.78 is 36.9. The fourth-order valence-electron chi connectivity index (χ4n) is 2.94. The molecule has 1 aliphatic heterocycles. The van der Waals surface area contributed by atoms with Crippen LogP contribution in [0.15, 0.2) is 53.4 Å². The number of carbonyl (C=O) groups excluding carboxylic acids is 2. The molecule has 0 spiro atoms. The summed E-state index contributed by atoms with van der Waals surface area (Å²) in [5.41, 5.74) is 5.32. The van der Waals surface area contributed by atoms with Crippen molar-refractivity contribution >= 4 is 39.5 Å². The van der Waals surface area contributed by atoms with E-state index in [9.17, 15) is 18.0 Å². The first-order valence-corrected chi connectivity index (χ1v) is 11.4. The molecule has 1 heterocycles. The minimum Gasteiger partial charge on any atom is -0.496 e. The van der Waals surface area contributed by atoms with Crippen LogP contribution in [0.2, 0.25) is 5.02 Å². The second-order valence-corrected chi connectivity index (χ2v) is 9.08. The summed E-state index contributed by atoms with van der Waals surface area (Å²) in [6.07, 6.45) is 2.70. The van der Waals surface area contributed by atoms with E-state index in [0.717, 1.165) is 0 Å². The molecule has 9 nitrogen and oxygen atoms in total. The molecule has 2 N–H and O–H groups in total. The molecule has 170 valence electrons. The van der Waals surface area contributed by atoms with E-state index in [4.69, 9.17) is 21.1 Å². The summed E-state index contributed by atoms with van der Waals surface area (Å²) in [6, 6.07) is 10.7. The number of hydrazine groups is 1. The van der Waals surface area contributed by atoms with Gasteiger partial charge in [-0.05, 0) is 42.0 Å². The number of nitrogens with one attached hydrogen (secondary N) is 2. The zero-order chi connectivity index (χ0) is 23.1. The van der Waals surface area contributed by atoms with Gasteiger partial charge in [-0.3, -0.25) is 20.4 Å². The topological polar surface area (TPSA) is 114 Å². The highest BCUT2D eigenvalue weighted by atomic mass is 35.5. The number of carbonyl (C=O) groups is 2. The fourth-order valence-corrected chi connectivity index (χ4v) is 4.52. The molecule has 2 amide bonds. The molecule has 32 heavy (non-hydrogen) atoms. The largest absolute Gasteiger partial charge is 0.496 e. The van der Waals surface area contributed by atoms with Crippen molar-refractivity contribution in [2.24, 2.45) is 0 Å². The molecule has 0 atom stereocenters. The molecule has 0 saturated carbocycles. The lowest BCUT2D eigenvalue weighted by molar-refractivity contribution is -0.117. The molecule has 3 rings (SSSR count). The number of hydrogen-bond acceptors (Lipinski definition) is 6. The van der Waals surface area contributed by atoms with Gasteiger partial charge in [0.25, 0.3) is 11.8 Å². The number of nitrogens with zero attached hydrogens (tertiary/aromatic N) is 1. The molecule has 0 unspecified atom stereocenters. The van der Waals surface area contributed by atoms with E-state index in [2.05, 4.69) is 10.9 Å². The van der Waals surface area contributed by atoms with Crippen molar-refractivity contribution in [3.63, 3.8) is 0 Å². The van der Waals surface area contributed by atoms with Crippen molar-refractivity contribution in [2.75, 3.05) is 33.4 Å². The Morgan fingerprint density at radius 2 is 1.78 bits per heavy atom. The second-order valence-electron chi connectivity index (χ2n) is 6.71. The first-order valence-electron chi connectivity index (χ1n) is 9.61. The van der Waals surface area contributed by atoms with Gasteiger partial charge in [0, 0.05) is 24.2 Å². The molecule has 2 aromatic carbocycles. The maximum absolute atomic E-state index is 12.6. The van der Waals surface area contributed by atoms with Gasteiger partial charge >= 0.3 is 0 Å². The van der Waals surface area contributed by atoms with Gasteiger partial charge in [-0.1, -0.05) is 23.7 Å². The summed E-state index contributed by atoms with van der Waals surface area (Å²) in [4.78, 5) is 24.5. The van der Waals surface area contributed by atoms with E-state index in [1.165, 1.54) is 41.8 Å². The average molecular weight is 480 g/mol. The van der Waals surface area contributed by atoms with Crippen molar-refractivity contribution in [1.29, 1.82) is 0 Å². The van der Waals surface area contributed by atoms with Crippen molar-refractivity contribution in [2.45, 2.75) is 4.90 Å². The fraction of sp³-hybridized carbons (Fsp3) is 0.238. The van der Waals surface area contributed by atoms with E-state index in [0.29, 0.717) is 42.6 Å². The van der Waals surface area contributed by atoms with Crippen molar-refractivity contribution in [3.8, 4) is 5.75 Å². The Kier molecular flexibility index (Phi) is 7.86. The Balaban J connectivity index is 1.57. The lowest BCUT2D eigenvalue weighted by atomic mass is 10.2. The normalized spacial score (nSPS) is 14.8. The van der Waals surface area contributed by atoms with Crippen LogP contribution in [0.4, 0.5) is 0 Å². The van der Waals surface area contributed by atoms with E-state index in [1.807, 2.05) is 0 Å². The molecule has 11 heteroatoms. The second kappa shape index (κ2) is 10.6. The van der Waals surface area contributed by atoms with Gasteiger partial charge in [0.15, 0.2) is 0 Å². The highest BCUT2D eigenvalue weighted by Gasteiger charge is 2.25. The van der Waals surface area contributed by atoms with Crippen LogP contribution in [0.25, 0.3) is 6.08 Å². The molecule has 2 aromatic rings. The maximum atomic E-state index is 12.6. The van der Waals surface area contributed by atoms with Gasteiger partial charge < -0.3 is 9.47 Å². The van der Waals surface area contributed by atoms with Crippen LogP contribution in [0.5, 0.6) is 5.75 Å². The number of morpholine rings is 1. The molecule has 0 aliphatic carbocycles. The highest BCUT2D eigenvalue weighted by Crippen LogP contribution is 2.22. The zero-order valence-electron chi connectivity index (χ0n) is 17.2. The Morgan fingerprint density at radius 3 is 2.44 bits per heavy atom. The molecule has 0 radical (unpaired) electrons. The van der Waals surface area contributed by atoms with Crippen LogP contribution in [0, 0.1) is 0 Å². The quantitative estimate of drug-likeness (QED) is 0.482. The predicted molar refractivity (Wildman–Crippen MR) is 119 cm³/mol. The predicted octanol–water partition coefficient (Wildman–Crippen LogP) is 1.84. The number of hydrogen-bond donors (Lipinski definition) is 2. The van der Waals surface area contributed by atoms with Gasteiger partial charge in [0.05, 0.1) is 30.8 Å². The lowest BCUT2D eigenvalue weighted by Crippen LogP contribution is -2.40. The smallest absolute Gasteiger partial charge is 0.273 e. The number of rotatable bonds is 6. The number of sulfonamides is 1. The van der Waals surface area contributed by atoms with E-state index in [1.54, 1.807) is 24.3 Å². The Labute approximate surface area is 191 Å². The van der Waals surface area contributed by atoms with Gasteiger partial charge in [0.2, 0.25) is 10.0 Å². The van der Waals surface area contributed by atoms with Crippen LogP contribution >= 0.6 is 11.6 Å². The number of benzene rings is 2. The first-order chi connectivity index (χ1) is 15.3. The van der Waals surface area contributed by atoms with Crippen LogP contribution < -0.4 is 15.6 Å². The molecule has 0 aromatic heterocycles. The Morgan fingerprint density at radius 1 is 1.09 bits per heavy atom. The van der Waals surface area contributed by atoms with Crippen molar-refractivity contribution in [3.05, 3.63) is 64.7 Å². The van der Waals surface area contributed by atoms with E-state index in [-0.39, 0.29) is 10.5 Å². The highest BCUT2D eigenvalue weighted by molar-refractivity contribution is 7.89. The minimum absolute atomic E-state index is 0.168. The van der Waals surface area contributed by atoms with E-state index >= 15 is 0 Å². The summed E-state index contributed by atoms with van der Waals surface area (Å²) in [7, 11) is -2.17. The third-order valence-electron chi connectivity index (χ3n) is 4.62. The molecule has 1 fully saturated rings. The maximum Gasteiger partial charge on any atom is 0.273 e.